The number of hydrogen-bond donors (Lipinski definition) is 0. The van der Waals surface area contributed by atoms with Crippen LogP contribution in [-0.4, -0.2) is 11.1 Å². The summed E-state index contributed by atoms with van der Waals surface area (Å²) in [5, 5.41) is 5.87. The summed E-state index contributed by atoms with van der Waals surface area (Å²) in [4.78, 5) is 13.0. The fourth-order valence-electron chi connectivity index (χ4n) is 1.76. The lowest BCUT2D eigenvalue weighted by molar-refractivity contribution is 0.0463. The van der Waals surface area contributed by atoms with Crippen LogP contribution in [-0.2, 0) is 11.3 Å². The third kappa shape index (κ3) is 3.22. The number of aromatic nitrogens is 1. The summed E-state index contributed by atoms with van der Waals surface area (Å²) in [6.45, 7) is 0.0784. The van der Waals surface area contributed by atoms with Crippen molar-refractivity contribution in [1.29, 1.82) is 0 Å². The van der Waals surface area contributed by atoms with Gasteiger partial charge in [0.15, 0.2) is 5.76 Å². The van der Waals surface area contributed by atoms with E-state index in [-0.39, 0.29) is 6.61 Å². The van der Waals surface area contributed by atoms with Crippen LogP contribution in [0.5, 0.6) is 0 Å². The molecule has 0 aliphatic rings. The SMILES string of the molecule is O=C(OCc1cc(-c2cccs2)on1)c1ccccc1Br. The lowest BCUT2D eigenvalue weighted by atomic mass is 10.2. The molecule has 3 rings (SSSR count). The van der Waals surface area contributed by atoms with Crippen LogP contribution >= 0.6 is 27.3 Å². The number of thiophene rings is 1. The summed E-state index contributed by atoms with van der Waals surface area (Å²) < 4.78 is 11.2. The predicted octanol–water partition coefficient (Wildman–Crippen LogP) is 4.52. The van der Waals surface area contributed by atoms with E-state index in [2.05, 4.69) is 21.1 Å². The number of carbonyl (C=O) groups excluding carboxylic acids is 1. The third-order valence-electron chi connectivity index (χ3n) is 2.77. The van der Waals surface area contributed by atoms with Gasteiger partial charge in [0.1, 0.15) is 12.3 Å². The molecule has 0 spiro atoms. The zero-order chi connectivity index (χ0) is 14.7. The first-order chi connectivity index (χ1) is 10.2. The Labute approximate surface area is 133 Å². The molecule has 3 aromatic rings. The quantitative estimate of drug-likeness (QED) is 0.639. The number of hydrogen-bond acceptors (Lipinski definition) is 5. The summed E-state index contributed by atoms with van der Waals surface area (Å²) in [6.07, 6.45) is 0. The van der Waals surface area contributed by atoms with Crippen LogP contribution in [0.2, 0.25) is 0 Å². The molecule has 0 saturated carbocycles. The molecule has 0 saturated heterocycles. The van der Waals surface area contributed by atoms with E-state index < -0.39 is 5.97 Å². The highest BCUT2D eigenvalue weighted by atomic mass is 79.9. The first-order valence-electron chi connectivity index (χ1n) is 6.15. The summed E-state index contributed by atoms with van der Waals surface area (Å²) >= 11 is 4.88. The van der Waals surface area contributed by atoms with E-state index in [4.69, 9.17) is 9.26 Å². The average molecular weight is 364 g/mol. The second-order valence-electron chi connectivity index (χ2n) is 4.22. The largest absolute Gasteiger partial charge is 0.455 e. The van der Waals surface area contributed by atoms with Crippen LogP contribution in [0.4, 0.5) is 0 Å². The topological polar surface area (TPSA) is 52.3 Å². The normalized spacial score (nSPS) is 10.5. The van der Waals surface area contributed by atoms with Gasteiger partial charge in [0.25, 0.3) is 0 Å². The van der Waals surface area contributed by atoms with Gasteiger partial charge in [0, 0.05) is 10.5 Å². The zero-order valence-corrected chi connectivity index (χ0v) is 13.2. The minimum absolute atomic E-state index is 0.0784. The molecule has 0 fully saturated rings. The van der Waals surface area contributed by atoms with Crippen LogP contribution < -0.4 is 0 Å². The molecule has 21 heavy (non-hydrogen) atoms. The number of carbonyl (C=O) groups is 1. The third-order valence-corrected chi connectivity index (χ3v) is 4.34. The maximum atomic E-state index is 12.0. The average Bonchev–Trinajstić information content (AvgIpc) is 3.16. The Bertz CT molecular complexity index is 752. The molecule has 4 nitrogen and oxygen atoms in total. The summed E-state index contributed by atoms with van der Waals surface area (Å²) in [6, 6.07) is 12.8. The predicted molar refractivity (Wildman–Crippen MR) is 83.1 cm³/mol. The van der Waals surface area contributed by atoms with Crippen LogP contribution in [0, 0.1) is 0 Å². The number of benzene rings is 1. The molecule has 0 atom stereocenters. The molecule has 106 valence electrons. The Morgan fingerprint density at radius 1 is 1.29 bits per heavy atom. The highest BCUT2D eigenvalue weighted by molar-refractivity contribution is 9.10. The molecular formula is C15H10BrNO3S. The van der Waals surface area contributed by atoms with E-state index in [1.807, 2.05) is 23.6 Å². The van der Waals surface area contributed by atoms with Crippen LogP contribution in [0.15, 0.2) is 56.8 Å². The molecular weight excluding hydrogens is 354 g/mol. The molecule has 2 heterocycles. The van der Waals surface area contributed by atoms with E-state index in [1.165, 1.54) is 0 Å². The highest BCUT2D eigenvalue weighted by Gasteiger charge is 2.13. The summed E-state index contributed by atoms with van der Waals surface area (Å²) in [5.41, 5.74) is 1.07. The van der Waals surface area contributed by atoms with Crippen molar-refractivity contribution in [1.82, 2.24) is 5.16 Å². The monoisotopic (exact) mass is 363 g/mol. The summed E-state index contributed by atoms with van der Waals surface area (Å²) in [7, 11) is 0. The molecule has 0 amide bonds. The van der Waals surface area contributed by atoms with Gasteiger partial charge in [-0.1, -0.05) is 23.4 Å². The van der Waals surface area contributed by atoms with Crippen molar-refractivity contribution < 1.29 is 14.1 Å². The van der Waals surface area contributed by atoms with Crippen molar-refractivity contribution in [2.45, 2.75) is 6.61 Å². The Morgan fingerprint density at radius 3 is 2.90 bits per heavy atom. The Balaban J connectivity index is 1.66. The Hall–Kier alpha value is -1.92. The van der Waals surface area contributed by atoms with Gasteiger partial charge >= 0.3 is 5.97 Å². The molecule has 6 heteroatoms. The second-order valence-corrected chi connectivity index (χ2v) is 6.02. The van der Waals surface area contributed by atoms with Gasteiger partial charge in [-0.3, -0.25) is 0 Å². The van der Waals surface area contributed by atoms with E-state index in [0.717, 1.165) is 4.88 Å². The smallest absolute Gasteiger partial charge is 0.339 e. The van der Waals surface area contributed by atoms with Crippen molar-refractivity contribution in [2.75, 3.05) is 0 Å². The number of ether oxygens (including phenoxy) is 1. The molecule has 0 bridgehead atoms. The van der Waals surface area contributed by atoms with E-state index in [1.54, 1.807) is 35.6 Å². The molecule has 1 aromatic carbocycles. The molecule has 0 aliphatic carbocycles. The summed E-state index contributed by atoms with van der Waals surface area (Å²) in [5.74, 6) is 0.278. The first kappa shape index (κ1) is 14.0. The van der Waals surface area contributed by atoms with Gasteiger partial charge in [0.2, 0.25) is 0 Å². The van der Waals surface area contributed by atoms with Gasteiger partial charge in [0.05, 0.1) is 10.4 Å². The van der Waals surface area contributed by atoms with E-state index >= 15 is 0 Å². The lowest BCUT2D eigenvalue weighted by Gasteiger charge is -2.03. The maximum Gasteiger partial charge on any atom is 0.339 e. The number of rotatable bonds is 4. The number of esters is 1. The standard InChI is InChI=1S/C15H10BrNO3S/c16-12-5-2-1-4-11(12)15(18)19-9-10-8-13(20-17-10)14-6-3-7-21-14/h1-8H,9H2. The molecule has 0 radical (unpaired) electrons. The van der Waals surface area contributed by atoms with E-state index in [0.29, 0.717) is 21.5 Å². The van der Waals surface area contributed by atoms with Crippen molar-refractivity contribution in [2.24, 2.45) is 0 Å². The fourth-order valence-corrected chi connectivity index (χ4v) is 2.88. The Kier molecular flexibility index (Phi) is 4.17. The fraction of sp³-hybridized carbons (Fsp3) is 0.0667. The van der Waals surface area contributed by atoms with Crippen molar-refractivity contribution in [3.63, 3.8) is 0 Å². The van der Waals surface area contributed by atoms with Crippen LogP contribution in [0.3, 0.4) is 0 Å². The maximum absolute atomic E-state index is 12.0. The minimum atomic E-state index is -0.400. The molecule has 2 aromatic heterocycles. The molecule has 0 N–H and O–H groups in total. The van der Waals surface area contributed by atoms with Gasteiger partial charge in [-0.25, -0.2) is 4.79 Å². The van der Waals surface area contributed by atoms with E-state index in [9.17, 15) is 4.79 Å². The lowest BCUT2D eigenvalue weighted by Crippen LogP contribution is -2.06. The van der Waals surface area contributed by atoms with Gasteiger partial charge in [-0.2, -0.15) is 0 Å². The van der Waals surface area contributed by atoms with Crippen LogP contribution in [0.1, 0.15) is 16.1 Å². The zero-order valence-electron chi connectivity index (χ0n) is 10.8. The number of halogens is 1. The number of nitrogens with zero attached hydrogens (tertiary/aromatic N) is 1. The van der Waals surface area contributed by atoms with Gasteiger partial charge in [-0.05, 0) is 39.5 Å². The van der Waals surface area contributed by atoms with Crippen LogP contribution in [0.25, 0.3) is 10.6 Å². The molecule has 0 aliphatic heterocycles. The van der Waals surface area contributed by atoms with Crippen molar-refractivity contribution in [3.05, 3.63) is 63.6 Å². The van der Waals surface area contributed by atoms with Crippen molar-refractivity contribution in [3.8, 4) is 10.6 Å². The highest BCUT2D eigenvalue weighted by Crippen LogP contribution is 2.25. The molecule has 0 unspecified atom stereocenters. The van der Waals surface area contributed by atoms with Gasteiger partial charge < -0.3 is 9.26 Å². The second kappa shape index (κ2) is 6.24. The first-order valence-corrected chi connectivity index (χ1v) is 7.82. The van der Waals surface area contributed by atoms with Gasteiger partial charge in [-0.15, -0.1) is 11.3 Å². The Morgan fingerprint density at radius 2 is 2.14 bits per heavy atom. The van der Waals surface area contributed by atoms with Crippen molar-refractivity contribution >= 4 is 33.2 Å². The minimum Gasteiger partial charge on any atom is -0.455 e.